The molecule has 1 aliphatic heterocycles. The van der Waals surface area contributed by atoms with Crippen molar-refractivity contribution in [3.05, 3.63) is 21.6 Å². The molecule has 1 aliphatic rings. The van der Waals surface area contributed by atoms with Crippen LogP contribution in [-0.4, -0.2) is 35.6 Å². The van der Waals surface area contributed by atoms with Gasteiger partial charge in [0, 0.05) is 13.1 Å². The van der Waals surface area contributed by atoms with Gasteiger partial charge in [0.15, 0.2) is 0 Å². The van der Waals surface area contributed by atoms with Gasteiger partial charge in [0.2, 0.25) is 0 Å². The lowest BCUT2D eigenvalue weighted by Gasteiger charge is -2.33. The number of anilines is 1. The van der Waals surface area contributed by atoms with Crippen LogP contribution < -0.4 is 16.2 Å². The van der Waals surface area contributed by atoms with Gasteiger partial charge >= 0.3 is 6.18 Å². The standard InChI is InChI=1S/C12H16ClF3N4O/c13-10-9(19-3-1-8(5-17)2-4-19)6-18-20(11(10)21)7-12(14,15)16/h6,8H,1-5,7,17H2. The maximum absolute atomic E-state index is 12.3. The highest BCUT2D eigenvalue weighted by Crippen LogP contribution is 2.26. The quantitative estimate of drug-likeness (QED) is 0.918. The van der Waals surface area contributed by atoms with E-state index in [-0.39, 0.29) is 5.02 Å². The van der Waals surface area contributed by atoms with E-state index in [1.807, 2.05) is 4.90 Å². The number of hydrogen-bond acceptors (Lipinski definition) is 4. The lowest BCUT2D eigenvalue weighted by atomic mass is 9.97. The number of rotatable bonds is 3. The molecular formula is C12H16ClF3N4O. The molecule has 21 heavy (non-hydrogen) atoms. The Morgan fingerprint density at radius 3 is 2.52 bits per heavy atom. The second kappa shape index (κ2) is 6.23. The molecule has 2 N–H and O–H groups in total. The summed E-state index contributed by atoms with van der Waals surface area (Å²) in [6.45, 7) is 0.478. The lowest BCUT2D eigenvalue weighted by molar-refractivity contribution is -0.143. The number of halogens is 4. The largest absolute Gasteiger partial charge is 0.408 e. The smallest absolute Gasteiger partial charge is 0.369 e. The van der Waals surface area contributed by atoms with E-state index in [2.05, 4.69) is 5.10 Å². The minimum Gasteiger partial charge on any atom is -0.369 e. The van der Waals surface area contributed by atoms with Crippen molar-refractivity contribution in [2.75, 3.05) is 24.5 Å². The second-order valence-electron chi connectivity index (χ2n) is 5.09. The van der Waals surface area contributed by atoms with E-state index < -0.39 is 18.3 Å². The highest BCUT2D eigenvalue weighted by Gasteiger charge is 2.30. The highest BCUT2D eigenvalue weighted by molar-refractivity contribution is 6.33. The summed E-state index contributed by atoms with van der Waals surface area (Å²) >= 11 is 5.92. The van der Waals surface area contributed by atoms with Gasteiger partial charge in [-0.1, -0.05) is 11.6 Å². The van der Waals surface area contributed by atoms with Gasteiger partial charge in [-0.25, -0.2) is 4.68 Å². The third kappa shape index (κ3) is 3.88. The molecule has 0 saturated carbocycles. The first-order chi connectivity index (χ1) is 9.81. The normalized spacial score (nSPS) is 17.3. The van der Waals surface area contributed by atoms with E-state index in [0.717, 1.165) is 12.8 Å². The summed E-state index contributed by atoms with van der Waals surface area (Å²) in [6, 6.07) is 0. The van der Waals surface area contributed by atoms with Gasteiger partial charge in [-0.05, 0) is 25.3 Å². The molecule has 1 saturated heterocycles. The van der Waals surface area contributed by atoms with Crippen molar-refractivity contribution in [2.24, 2.45) is 11.7 Å². The van der Waals surface area contributed by atoms with Crippen LogP contribution in [0.4, 0.5) is 18.9 Å². The van der Waals surface area contributed by atoms with Gasteiger partial charge in [0.1, 0.15) is 11.6 Å². The molecule has 1 aromatic rings. The minimum atomic E-state index is -4.51. The summed E-state index contributed by atoms with van der Waals surface area (Å²) in [7, 11) is 0. The second-order valence-corrected chi connectivity index (χ2v) is 5.47. The predicted octanol–water partition coefficient (Wildman–Crippen LogP) is 1.63. The van der Waals surface area contributed by atoms with Crippen LogP contribution in [0, 0.1) is 5.92 Å². The fourth-order valence-corrected chi connectivity index (χ4v) is 2.63. The zero-order chi connectivity index (χ0) is 15.6. The molecule has 1 fully saturated rings. The molecule has 2 rings (SSSR count). The Bertz CT molecular complexity index is 552. The van der Waals surface area contributed by atoms with E-state index in [0.29, 0.717) is 35.9 Å². The first-order valence-electron chi connectivity index (χ1n) is 6.59. The van der Waals surface area contributed by atoms with Crippen molar-refractivity contribution in [3.8, 4) is 0 Å². The molecule has 0 unspecified atom stereocenters. The van der Waals surface area contributed by atoms with Gasteiger partial charge in [-0.3, -0.25) is 4.79 Å². The van der Waals surface area contributed by atoms with Crippen LogP contribution in [0.25, 0.3) is 0 Å². The van der Waals surface area contributed by atoms with E-state index in [4.69, 9.17) is 17.3 Å². The fraction of sp³-hybridized carbons (Fsp3) is 0.667. The van der Waals surface area contributed by atoms with E-state index in [1.54, 1.807) is 0 Å². The summed E-state index contributed by atoms with van der Waals surface area (Å²) in [6.07, 6.45) is -1.57. The van der Waals surface area contributed by atoms with Crippen molar-refractivity contribution >= 4 is 17.3 Å². The molecule has 0 aromatic carbocycles. The minimum absolute atomic E-state index is 0.222. The molecule has 0 amide bonds. The number of piperidine rings is 1. The van der Waals surface area contributed by atoms with Crippen molar-refractivity contribution in [2.45, 2.75) is 25.6 Å². The van der Waals surface area contributed by atoms with Gasteiger partial charge in [-0.15, -0.1) is 0 Å². The molecule has 0 atom stereocenters. The zero-order valence-corrected chi connectivity index (χ0v) is 12.0. The van der Waals surface area contributed by atoms with E-state index >= 15 is 0 Å². The summed E-state index contributed by atoms with van der Waals surface area (Å²) < 4.78 is 37.3. The maximum atomic E-state index is 12.3. The Morgan fingerprint density at radius 2 is 2.00 bits per heavy atom. The predicted molar refractivity (Wildman–Crippen MR) is 73.6 cm³/mol. The third-order valence-corrected chi connectivity index (χ3v) is 3.94. The summed E-state index contributed by atoms with van der Waals surface area (Å²) in [5, 5.41) is 3.35. The molecule has 1 aromatic heterocycles. The topological polar surface area (TPSA) is 64.2 Å². The Morgan fingerprint density at radius 1 is 1.38 bits per heavy atom. The molecule has 2 heterocycles. The van der Waals surface area contributed by atoms with Gasteiger partial charge in [0.25, 0.3) is 5.56 Å². The molecular weight excluding hydrogens is 309 g/mol. The monoisotopic (exact) mass is 324 g/mol. The van der Waals surface area contributed by atoms with Crippen LogP contribution in [0.1, 0.15) is 12.8 Å². The Hall–Kier alpha value is -1.28. The summed E-state index contributed by atoms with van der Waals surface area (Å²) in [5.41, 5.74) is 5.06. The maximum Gasteiger partial charge on any atom is 0.408 e. The fourth-order valence-electron chi connectivity index (χ4n) is 2.37. The van der Waals surface area contributed by atoms with Crippen LogP contribution in [0.5, 0.6) is 0 Å². The SMILES string of the molecule is NCC1CCN(c2cnn(CC(F)(F)F)c(=O)c2Cl)CC1. The van der Waals surface area contributed by atoms with E-state index in [9.17, 15) is 18.0 Å². The van der Waals surface area contributed by atoms with Crippen LogP contribution in [0.15, 0.2) is 11.0 Å². The van der Waals surface area contributed by atoms with Crippen LogP contribution >= 0.6 is 11.6 Å². The number of hydrogen-bond donors (Lipinski definition) is 1. The molecule has 5 nitrogen and oxygen atoms in total. The average molecular weight is 325 g/mol. The van der Waals surface area contributed by atoms with Crippen molar-refractivity contribution in [3.63, 3.8) is 0 Å². The Kier molecular flexibility index (Phi) is 4.77. The van der Waals surface area contributed by atoms with Crippen molar-refractivity contribution < 1.29 is 13.2 Å². The number of aromatic nitrogens is 2. The van der Waals surface area contributed by atoms with Crippen LogP contribution in [0.3, 0.4) is 0 Å². The molecule has 9 heteroatoms. The van der Waals surface area contributed by atoms with Crippen molar-refractivity contribution in [1.82, 2.24) is 9.78 Å². The molecule has 0 spiro atoms. The summed E-state index contributed by atoms with van der Waals surface area (Å²) in [5.74, 6) is 0.429. The van der Waals surface area contributed by atoms with Gasteiger partial charge in [0.05, 0.1) is 11.9 Å². The third-order valence-electron chi connectivity index (χ3n) is 3.58. The first kappa shape index (κ1) is 16.1. The van der Waals surface area contributed by atoms with Crippen LogP contribution in [0.2, 0.25) is 5.02 Å². The molecule has 0 aliphatic carbocycles. The van der Waals surface area contributed by atoms with Gasteiger partial charge < -0.3 is 10.6 Å². The highest BCUT2D eigenvalue weighted by atomic mass is 35.5. The van der Waals surface area contributed by atoms with Crippen LogP contribution in [-0.2, 0) is 6.54 Å². The van der Waals surface area contributed by atoms with E-state index in [1.165, 1.54) is 6.20 Å². The Balaban J connectivity index is 2.20. The zero-order valence-electron chi connectivity index (χ0n) is 11.2. The Labute approximate surface area is 124 Å². The molecule has 0 bridgehead atoms. The number of nitrogens with two attached hydrogens (primary N) is 1. The first-order valence-corrected chi connectivity index (χ1v) is 6.97. The number of alkyl halides is 3. The number of nitrogens with zero attached hydrogens (tertiary/aromatic N) is 3. The van der Waals surface area contributed by atoms with Gasteiger partial charge in [-0.2, -0.15) is 18.3 Å². The lowest BCUT2D eigenvalue weighted by Crippen LogP contribution is -2.38. The molecule has 118 valence electrons. The average Bonchev–Trinajstić information content (AvgIpc) is 2.43. The van der Waals surface area contributed by atoms with Crippen molar-refractivity contribution in [1.29, 1.82) is 0 Å². The summed E-state index contributed by atoms with van der Waals surface area (Å²) in [4.78, 5) is 13.7. The molecule has 0 radical (unpaired) electrons.